The molecule has 0 bridgehead atoms. The Kier molecular flexibility index (Phi) is 3.34. The summed E-state index contributed by atoms with van der Waals surface area (Å²) in [5.74, 6) is 1.95. The molecule has 4 heteroatoms. The van der Waals surface area contributed by atoms with Crippen LogP contribution in [-0.4, -0.2) is 17.0 Å². The Balaban J connectivity index is 1.80. The monoisotopic (exact) mass is 309 g/mol. The van der Waals surface area contributed by atoms with Crippen LogP contribution in [0.2, 0.25) is 0 Å². The van der Waals surface area contributed by atoms with E-state index in [2.05, 4.69) is 47.3 Å². The Morgan fingerprint density at radius 3 is 2.77 bits per heavy atom. The molecule has 1 aromatic carbocycles. The number of thiophene rings is 1. The van der Waals surface area contributed by atoms with Crippen LogP contribution in [0.3, 0.4) is 0 Å². The number of rotatable bonds is 3. The van der Waals surface area contributed by atoms with Crippen molar-refractivity contribution >= 4 is 27.4 Å². The van der Waals surface area contributed by atoms with Crippen LogP contribution in [0.25, 0.3) is 10.2 Å². The van der Waals surface area contributed by atoms with Crippen molar-refractivity contribution in [3.05, 3.63) is 52.2 Å². The van der Waals surface area contributed by atoms with Gasteiger partial charge in [0.25, 0.3) is 0 Å². The van der Waals surface area contributed by atoms with Gasteiger partial charge in [-0.3, -0.25) is 0 Å². The predicted octanol–water partition coefficient (Wildman–Crippen LogP) is 4.12. The van der Waals surface area contributed by atoms with E-state index in [0.717, 1.165) is 23.0 Å². The van der Waals surface area contributed by atoms with Crippen LogP contribution >= 0.6 is 11.3 Å². The fraction of sp³-hybridized carbons (Fsp3) is 0.333. The third kappa shape index (κ3) is 2.28. The van der Waals surface area contributed by atoms with Crippen LogP contribution in [0.15, 0.2) is 30.3 Å². The van der Waals surface area contributed by atoms with Gasteiger partial charge in [-0.25, -0.2) is 9.97 Å². The molecule has 2 heterocycles. The molecule has 0 saturated carbocycles. The van der Waals surface area contributed by atoms with E-state index in [0.29, 0.717) is 0 Å². The standard InChI is InChI=1S/C18H19N3S/c1-12-19-17(21(2)11-13-7-4-3-5-8-13)16-14-9-6-10-15(14)22-18(16)20-12/h3-5,7-8H,6,9-11H2,1-2H3. The summed E-state index contributed by atoms with van der Waals surface area (Å²) in [5.41, 5.74) is 2.80. The summed E-state index contributed by atoms with van der Waals surface area (Å²) >= 11 is 1.86. The Labute approximate surface area is 134 Å². The number of benzene rings is 1. The Hall–Kier alpha value is -1.94. The molecule has 22 heavy (non-hydrogen) atoms. The minimum Gasteiger partial charge on any atom is -0.355 e. The Morgan fingerprint density at radius 1 is 1.14 bits per heavy atom. The molecule has 0 aliphatic heterocycles. The lowest BCUT2D eigenvalue weighted by Crippen LogP contribution is -2.18. The number of fused-ring (bicyclic) bond motifs is 3. The average Bonchev–Trinajstić information content (AvgIpc) is 3.07. The highest BCUT2D eigenvalue weighted by Crippen LogP contribution is 2.40. The molecule has 4 rings (SSSR count). The Bertz CT molecular complexity index is 823. The highest BCUT2D eigenvalue weighted by Gasteiger charge is 2.23. The van der Waals surface area contributed by atoms with E-state index in [-0.39, 0.29) is 0 Å². The number of aryl methyl sites for hydroxylation is 3. The lowest BCUT2D eigenvalue weighted by atomic mass is 10.1. The highest BCUT2D eigenvalue weighted by atomic mass is 32.1. The number of nitrogens with zero attached hydrogens (tertiary/aromatic N) is 3. The number of hydrogen-bond acceptors (Lipinski definition) is 4. The summed E-state index contributed by atoms with van der Waals surface area (Å²) in [6.45, 7) is 2.86. The first-order valence-electron chi connectivity index (χ1n) is 7.76. The van der Waals surface area contributed by atoms with Gasteiger partial charge in [-0.05, 0) is 37.3 Å². The fourth-order valence-corrected chi connectivity index (χ4v) is 4.59. The molecular weight excluding hydrogens is 290 g/mol. The first kappa shape index (κ1) is 13.7. The van der Waals surface area contributed by atoms with E-state index in [1.165, 1.54) is 40.7 Å². The van der Waals surface area contributed by atoms with Crippen LogP contribution in [0.4, 0.5) is 5.82 Å². The van der Waals surface area contributed by atoms with Gasteiger partial charge in [0.1, 0.15) is 16.5 Å². The van der Waals surface area contributed by atoms with Crippen LogP contribution in [0.5, 0.6) is 0 Å². The summed E-state index contributed by atoms with van der Waals surface area (Å²) in [4.78, 5) is 14.4. The molecule has 1 aliphatic rings. The van der Waals surface area contributed by atoms with Crippen molar-refractivity contribution in [3.8, 4) is 0 Å². The molecule has 3 aromatic rings. The molecule has 1 aliphatic carbocycles. The van der Waals surface area contributed by atoms with E-state index in [1.807, 2.05) is 18.3 Å². The zero-order valence-electron chi connectivity index (χ0n) is 13.0. The molecule has 0 spiro atoms. The number of aromatic nitrogens is 2. The lowest BCUT2D eigenvalue weighted by Gasteiger charge is -2.20. The largest absolute Gasteiger partial charge is 0.355 e. The van der Waals surface area contributed by atoms with Gasteiger partial charge in [-0.15, -0.1) is 11.3 Å². The van der Waals surface area contributed by atoms with Crippen LogP contribution in [0, 0.1) is 6.92 Å². The van der Waals surface area contributed by atoms with E-state index < -0.39 is 0 Å². The van der Waals surface area contributed by atoms with Gasteiger partial charge in [-0.1, -0.05) is 30.3 Å². The molecule has 2 aromatic heterocycles. The van der Waals surface area contributed by atoms with E-state index in [4.69, 9.17) is 4.98 Å². The third-order valence-corrected chi connectivity index (χ3v) is 5.47. The highest BCUT2D eigenvalue weighted by molar-refractivity contribution is 7.19. The quantitative estimate of drug-likeness (QED) is 0.728. The molecule has 0 unspecified atom stereocenters. The van der Waals surface area contributed by atoms with Gasteiger partial charge in [-0.2, -0.15) is 0 Å². The summed E-state index contributed by atoms with van der Waals surface area (Å²) in [6.07, 6.45) is 3.65. The number of hydrogen-bond donors (Lipinski definition) is 0. The van der Waals surface area contributed by atoms with Crippen molar-refractivity contribution in [1.82, 2.24) is 9.97 Å². The molecule has 0 saturated heterocycles. The van der Waals surface area contributed by atoms with Crippen LogP contribution in [-0.2, 0) is 19.4 Å². The third-order valence-electron chi connectivity index (χ3n) is 4.28. The SMILES string of the molecule is Cc1nc(N(C)Cc2ccccc2)c2c3c(sc2n1)CCC3. The maximum atomic E-state index is 4.77. The summed E-state index contributed by atoms with van der Waals surface area (Å²) < 4.78 is 0. The minimum absolute atomic E-state index is 0.863. The molecule has 0 atom stereocenters. The molecule has 0 amide bonds. The van der Waals surface area contributed by atoms with Gasteiger partial charge in [0.05, 0.1) is 5.39 Å². The van der Waals surface area contributed by atoms with Gasteiger partial charge >= 0.3 is 0 Å². The topological polar surface area (TPSA) is 29.0 Å². The predicted molar refractivity (Wildman–Crippen MR) is 92.7 cm³/mol. The molecular formula is C18H19N3S. The summed E-state index contributed by atoms with van der Waals surface area (Å²) in [5, 5.41) is 1.29. The average molecular weight is 309 g/mol. The van der Waals surface area contributed by atoms with Crippen molar-refractivity contribution in [3.63, 3.8) is 0 Å². The second kappa shape index (κ2) is 5.36. The Morgan fingerprint density at radius 2 is 1.95 bits per heavy atom. The lowest BCUT2D eigenvalue weighted by molar-refractivity contribution is 0.887. The van der Waals surface area contributed by atoms with Crippen molar-refractivity contribution in [2.75, 3.05) is 11.9 Å². The van der Waals surface area contributed by atoms with Crippen LogP contribution < -0.4 is 4.90 Å². The fourth-order valence-electron chi connectivity index (χ4n) is 3.29. The van der Waals surface area contributed by atoms with E-state index in [9.17, 15) is 0 Å². The van der Waals surface area contributed by atoms with Crippen LogP contribution in [0.1, 0.15) is 28.2 Å². The smallest absolute Gasteiger partial charge is 0.141 e. The molecule has 0 fully saturated rings. The molecule has 0 N–H and O–H groups in total. The van der Waals surface area contributed by atoms with Crippen molar-refractivity contribution in [2.24, 2.45) is 0 Å². The normalized spacial score (nSPS) is 13.5. The first-order chi connectivity index (χ1) is 10.7. The summed E-state index contributed by atoms with van der Waals surface area (Å²) in [7, 11) is 2.13. The van der Waals surface area contributed by atoms with Gasteiger partial charge < -0.3 is 4.90 Å². The summed E-state index contributed by atoms with van der Waals surface area (Å²) in [6, 6.07) is 10.6. The zero-order valence-corrected chi connectivity index (χ0v) is 13.8. The van der Waals surface area contributed by atoms with E-state index in [1.54, 1.807) is 0 Å². The zero-order chi connectivity index (χ0) is 15.1. The second-order valence-corrected chi connectivity index (χ2v) is 7.06. The minimum atomic E-state index is 0.863. The second-order valence-electron chi connectivity index (χ2n) is 5.97. The van der Waals surface area contributed by atoms with Gasteiger partial charge in [0, 0.05) is 18.5 Å². The first-order valence-corrected chi connectivity index (χ1v) is 8.58. The molecule has 0 radical (unpaired) electrons. The van der Waals surface area contributed by atoms with Crippen molar-refractivity contribution < 1.29 is 0 Å². The molecule has 112 valence electrons. The van der Waals surface area contributed by atoms with E-state index >= 15 is 0 Å². The van der Waals surface area contributed by atoms with Crippen molar-refractivity contribution in [2.45, 2.75) is 32.7 Å². The maximum absolute atomic E-state index is 4.77. The number of anilines is 1. The van der Waals surface area contributed by atoms with Crippen molar-refractivity contribution in [1.29, 1.82) is 0 Å². The van der Waals surface area contributed by atoms with Gasteiger partial charge in [0.2, 0.25) is 0 Å². The molecule has 3 nitrogen and oxygen atoms in total. The maximum Gasteiger partial charge on any atom is 0.141 e. The van der Waals surface area contributed by atoms with Gasteiger partial charge in [0.15, 0.2) is 0 Å².